The van der Waals surface area contributed by atoms with Crippen molar-refractivity contribution >= 4 is 10.8 Å². The number of hydrogen-bond acceptors (Lipinski definition) is 4. The van der Waals surface area contributed by atoms with Crippen molar-refractivity contribution in [3.63, 3.8) is 0 Å². The molecule has 102 valence electrons. The number of hydrogen-bond donors (Lipinski definition) is 1. The normalized spacial score (nSPS) is 10.5. The molecule has 0 bridgehead atoms. The van der Waals surface area contributed by atoms with E-state index in [1.165, 1.54) is 0 Å². The molecule has 0 amide bonds. The zero-order valence-corrected chi connectivity index (χ0v) is 11.3. The molecule has 4 nitrogen and oxygen atoms in total. The fourth-order valence-electron chi connectivity index (χ4n) is 2.29. The number of nitrogens with zero attached hydrogens (tertiary/aromatic N) is 3. The first-order chi connectivity index (χ1) is 10.3. The zero-order valence-electron chi connectivity index (χ0n) is 11.3. The van der Waals surface area contributed by atoms with E-state index in [2.05, 4.69) is 22.1 Å². The van der Waals surface area contributed by atoms with Crippen LogP contribution in [-0.4, -0.2) is 21.7 Å². The molecule has 0 aliphatic heterocycles. The SMILES string of the molecule is N#Cc1ncc(-c2ccc3cc(CCO)ccc3c2)cn1. The summed E-state index contributed by atoms with van der Waals surface area (Å²) in [6, 6.07) is 14.2. The Labute approximate surface area is 122 Å². The number of nitriles is 1. The van der Waals surface area contributed by atoms with Gasteiger partial charge in [-0.1, -0.05) is 30.3 Å². The van der Waals surface area contributed by atoms with Crippen molar-refractivity contribution in [2.45, 2.75) is 6.42 Å². The highest BCUT2D eigenvalue weighted by atomic mass is 16.2. The highest BCUT2D eigenvalue weighted by Crippen LogP contribution is 2.24. The molecule has 0 fully saturated rings. The highest BCUT2D eigenvalue weighted by Gasteiger charge is 2.03. The topological polar surface area (TPSA) is 69.8 Å². The molecule has 0 saturated carbocycles. The Morgan fingerprint density at radius 1 is 0.952 bits per heavy atom. The molecule has 1 aromatic heterocycles. The van der Waals surface area contributed by atoms with Crippen LogP contribution in [0, 0.1) is 11.3 Å². The van der Waals surface area contributed by atoms with Crippen LogP contribution in [0.15, 0.2) is 48.8 Å². The summed E-state index contributed by atoms with van der Waals surface area (Å²) < 4.78 is 0. The summed E-state index contributed by atoms with van der Waals surface area (Å²) in [5, 5.41) is 20.0. The number of aliphatic hydroxyl groups excluding tert-OH is 1. The van der Waals surface area contributed by atoms with Crippen LogP contribution in [0.5, 0.6) is 0 Å². The molecule has 1 heterocycles. The standard InChI is InChI=1S/C17H13N3O/c18-9-17-19-10-16(11-20-17)15-4-3-13-7-12(5-6-21)1-2-14(13)8-15/h1-4,7-8,10-11,21H,5-6H2. The van der Waals surface area contributed by atoms with Gasteiger partial charge >= 0.3 is 0 Å². The summed E-state index contributed by atoms with van der Waals surface area (Å²) in [7, 11) is 0. The molecule has 0 aliphatic carbocycles. The second-order valence-corrected chi connectivity index (χ2v) is 4.78. The lowest BCUT2D eigenvalue weighted by Gasteiger charge is -2.05. The molecule has 0 radical (unpaired) electrons. The lowest BCUT2D eigenvalue weighted by molar-refractivity contribution is 0.299. The Hall–Kier alpha value is -2.77. The minimum Gasteiger partial charge on any atom is -0.396 e. The van der Waals surface area contributed by atoms with Crippen LogP contribution in [0.4, 0.5) is 0 Å². The average molecular weight is 275 g/mol. The molecule has 0 saturated heterocycles. The zero-order chi connectivity index (χ0) is 14.7. The van der Waals surface area contributed by atoms with Crippen molar-refractivity contribution in [1.29, 1.82) is 5.26 Å². The van der Waals surface area contributed by atoms with Gasteiger partial charge < -0.3 is 5.11 Å². The first kappa shape index (κ1) is 13.2. The predicted octanol–water partition coefficient (Wildman–Crippen LogP) is 2.70. The van der Waals surface area contributed by atoms with Gasteiger partial charge in [0.25, 0.3) is 0 Å². The van der Waals surface area contributed by atoms with Gasteiger partial charge in [0.1, 0.15) is 6.07 Å². The Kier molecular flexibility index (Phi) is 3.59. The maximum atomic E-state index is 8.99. The van der Waals surface area contributed by atoms with E-state index in [0.717, 1.165) is 27.5 Å². The molecular formula is C17H13N3O. The Morgan fingerprint density at radius 2 is 1.67 bits per heavy atom. The van der Waals surface area contributed by atoms with Gasteiger partial charge in [-0.15, -0.1) is 0 Å². The summed E-state index contributed by atoms with van der Waals surface area (Å²) in [6.45, 7) is 0.159. The van der Waals surface area contributed by atoms with Gasteiger partial charge in [-0.3, -0.25) is 0 Å². The van der Waals surface area contributed by atoms with E-state index >= 15 is 0 Å². The quantitative estimate of drug-likeness (QED) is 0.798. The van der Waals surface area contributed by atoms with E-state index in [-0.39, 0.29) is 12.4 Å². The summed E-state index contributed by atoms with van der Waals surface area (Å²) >= 11 is 0. The van der Waals surface area contributed by atoms with Crippen LogP contribution < -0.4 is 0 Å². The van der Waals surface area contributed by atoms with E-state index in [1.807, 2.05) is 30.3 Å². The third-order valence-corrected chi connectivity index (χ3v) is 3.39. The second kappa shape index (κ2) is 5.70. The first-order valence-corrected chi connectivity index (χ1v) is 6.66. The van der Waals surface area contributed by atoms with Gasteiger partial charge in [0, 0.05) is 24.6 Å². The van der Waals surface area contributed by atoms with Gasteiger partial charge in [0.2, 0.25) is 5.82 Å². The van der Waals surface area contributed by atoms with E-state index in [1.54, 1.807) is 12.4 Å². The molecule has 0 atom stereocenters. The number of benzene rings is 2. The Balaban J connectivity index is 2.00. The number of rotatable bonds is 3. The fourth-order valence-corrected chi connectivity index (χ4v) is 2.29. The van der Waals surface area contributed by atoms with Crippen molar-refractivity contribution in [1.82, 2.24) is 9.97 Å². The van der Waals surface area contributed by atoms with Crippen molar-refractivity contribution < 1.29 is 5.11 Å². The molecule has 21 heavy (non-hydrogen) atoms. The Morgan fingerprint density at radius 3 is 2.38 bits per heavy atom. The lowest BCUT2D eigenvalue weighted by atomic mass is 10.0. The number of fused-ring (bicyclic) bond motifs is 1. The summed E-state index contributed by atoms with van der Waals surface area (Å²) in [4.78, 5) is 7.98. The maximum absolute atomic E-state index is 8.99. The monoisotopic (exact) mass is 275 g/mol. The van der Waals surface area contributed by atoms with Crippen LogP contribution >= 0.6 is 0 Å². The van der Waals surface area contributed by atoms with Gasteiger partial charge in [-0.2, -0.15) is 5.26 Å². The van der Waals surface area contributed by atoms with E-state index in [4.69, 9.17) is 10.4 Å². The molecule has 3 aromatic rings. The Bertz CT molecular complexity index is 820. The molecule has 3 rings (SSSR count). The van der Waals surface area contributed by atoms with Gasteiger partial charge in [0.05, 0.1) is 0 Å². The van der Waals surface area contributed by atoms with Crippen LogP contribution in [-0.2, 0) is 6.42 Å². The molecule has 0 spiro atoms. The van der Waals surface area contributed by atoms with E-state index in [9.17, 15) is 0 Å². The predicted molar refractivity (Wildman–Crippen MR) is 80.5 cm³/mol. The van der Waals surface area contributed by atoms with Gasteiger partial charge in [-0.05, 0) is 34.4 Å². The van der Waals surface area contributed by atoms with E-state index < -0.39 is 0 Å². The van der Waals surface area contributed by atoms with Gasteiger partial charge in [0.15, 0.2) is 0 Å². The van der Waals surface area contributed by atoms with E-state index in [0.29, 0.717) is 6.42 Å². The van der Waals surface area contributed by atoms with Gasteiger partial charge in [-0.25, -0.2) is 9.97 Å². The smallest absolute Gasteiger partial charge is 0.232 e. The maximum Gasteiger partial charge on any atom is 0.232 e. The average Bonchev–Trinajstić information content (AvgIpc) is 2.55. The molecular weight excluding hydrogens is 262 g/mol. The summed E-state index contributed by atoms with van der Waals surface area (Å²) in [5.41, 5.74) is 3.02. The molecule has 2 aromatic carbocycles. The minimum atomic E-state index is 0.159. The first-order valence-electron chi connectivity index (χ1n) is 6.66. The molecule has 0 unspecified atom stereocenters. The fraction of sp³-hybridized carbons (Fsp3) is 0.118. The van der Waals surface area contributed by atoms with Crippen molar-refractivity contribution in [3.05, 3.63) is 60.2 Å². The number of aromatic nitrogens is 2. The van der Waals surface area contributed by atoms with Crippen LogP contribution in [0.3, 0.4) is 0 Å². The largest absolute Gasteiger partial charge is 0.396 e. The van der Waals surface area contributed by atoms with Crippen molar-refractivity contribution in [2.75, 3.05) is 6.61 Å². The summed E-state index contributed by atoms with van der Waals surface area (Å²) in [5.74, 6) is 0.174. The second-order valence-electron chi connectivity index (χ2n) is 4.78. The third-order valence-electron chi connectivity index (χ3n) is 3.39. The van der Waals surface area contributed by atoms with Crippen LogP contribution in [0.25, 0.3) is 21.9 Å². The molecule has 1 N–H and O–H groups in total. The van der Waals surface area contributed by atoms with Crippen molar-refractivity contribution in [3.8, 4) is 17.2 Å². The minimum absolute atomic E-state index is 0.159. The highest BCUT2D eigenvalue weighted by molar-refractivity contribution is 5.87. The molecule has 4 heteroatoms. The van der Waals surface area contributed by atoms with Crippen molar-refractivity contribution in [2.24, 2.45) is 0 Å². The number of aliphatic hydroxyl groups is 1. The third kappa shape index (κ3) is 2.73. The van der Waals surface area contributed by atoms with Crippen LogP contribution in [0.2, 0.25) is 0 Å². The summed E-state index contributed by atoms with van der Waals surface area (Å²) in [6.07, 6.45) is 3.99. The molecule has 0 aliphatic rings. The van der Waals surface area contributed by atoms with Crippen LogP contribution in [0.1, 0.15) is 11.4 Å². The lowest BCUT2D eigenvalue weighted by Crippen LogP contribution is -1.91.